The van der Waals surface area contributed by atoms with Gasteiger partial charge in [-0.2, -0.15) is 18.2 Å². The van der Waals surface area contributed by atoms with Gasteiger partial charge in [0.05, 0.1) is 17.6 Å². The number of carboxylic acid groups (broad SMARTS) is 1. The molecule has 1 N–H and O–H groups in total. The van der Waals surface area contributed by atoms with Crippen LogP contribution >= 0.6 is 0 Å². The predicted octanol–water partition coefficient (Wildman–Crippen LogP) is 5.99. The molecule has 0 spiro atoms. The molecule has 2 saturated heterocycles. The van der Waals surface area contributed by atoms with Crippen molar-refractivity contribution in [3.8, 4) is 6.01 Å². The highest BCUT2D eigenvalue weighted by atomic mass is 19.4. The Morgan fingerprint density at radius 2 is 1.81 bits per heavy atom. The van der Waals surface area contributed by atoms with Gasteiger partial charge in [-0.3, -0.25) is 4.57 Å². The van der Waals surface area contributed by atoms with Gasteiger partial charge in [-0.05, 0) is 49.9 Å². The first-order valence-corrected chi connectivity index (χ1v) is 14.2. The summed E-state index contributed by atoms with van der Waals surface area (Å²) in [5.41, 5.74) is 1.91. The Bertz CT molecular complexity index is 1810. The van der Waals surface area contributed by atoms with Crippen molar-refractivity contribution in [2.75, 3.05) is 24.7 Å². The lowest BCUT2D eigenvalue weighted by Crippen LogP contribution is -2.37. The maximum absolute atomic E-state index is 14.0. The molecule has 0 amide bonds. The van der Waals surface area contributed by atoms with Crippen molar-refractivity contribution in [1.82, 2.24) is 19.5 Å². The third-order valence-electron chi connectivity index (χ3n) is 8.15. The van der Waals surface area contributed by atoms with Gasteiger partial charge < -0.3 is 23.9 Å². The molecule has 2 aliphatic rings. The lowest BCUT2D eigenvalue weighted by atomic mass is 10.1. The molecule has 0 bridgehead atoms. The molecule has 0 saturated carbocycles. The topological polar surface area (TPSA) is 116 Å². The molecule has 5 aromatic rings. The van der Waals surface area contributed by atoms with Crippen molar-refractivity contribution in [1.29, 1.82) is 0 Å². The van der Waals surface area contributed by atoms with Gasteiger partial charge in [0.25, 0.3) is 6.01 Å². The number of fused-ring (bicyclic) bond motifs is 4. The lowest BCUT2D eigenvalue weighted by molar-refractivity contribution is -0.144. The largest absolute Gasteiger partial charge is 0.480 e. The minimum atomic E-state index is -4.86. The van der Waals surface area contributed by atoms with Crippen molar-refractivity contribution in [2.45, 2.75) is 56.5 Å². The fourth-order valence-electron chi connectivity index (χ4n) is 6.16. The molecule has 2 aliphatic heterocycles. The summed E-state index contributed by atoms with van der Waals surface area (Å²) in [6.07, 6.45) is -1.98. The van der Waals surface area contributed by atoms with Gasteiger partial charge >= 0.3 is 12.1 Å². The van der Waals surface area contributed by atoms with Crippen molar-refractivity contribution in [3.63, 3.8) is 0 Å². The molecule has 10 nitrogen and oxygen atoms in total. The molecule has 13 heteroatoms. The molecule has 0 radical (unpaired) electrons. The molecule has 0 aliphatic carbocycles. The number of rotatable bonds is 5. The molecule has 2 fully saturated rings. The number of imidazole rings is 1. The highest BCUT2D eigenvalue weighted by Crippen LogP contribution is 2.40. The number of anilines is 1. The third kappa shape index (κ3) is 5.01. The Morgan fingerprint density at radius 1 is 1.00 bits per heavy atom. The Kier molecular flexibility index (Phi) is 6.83. The van der Waals surface area contributed by atoms with E-state index in [2.05, 4.69) is 9.97 Å². The summed E-state index contributed by atoms with van der Waals surface area (Å²) in [5.74, 6) is -2.82. The first-order chi connectivity index (χ1) is 20.8. The number of carbonyl (C=O) groups is 1. The fraction of sp³-hybridized carbons (Fsp3) is 0.400. The fourth-order valence-corrected chi connectivity index (χ4v) is 6.16. The Labute approximate surface area is 243 Å². The van der Waals surface area contributed by atoms with E-state index in [1.54, 1.807) is 24.3 Å². The number of benzene rings is 2. The van der Waals surface area contributed by atoms with Crippen LogP contribution in [0.1, 0.15) is 44.0 Å². The molecule has 224 valence electrons. The zero-order chi connectivity index (χ0) is 29.7. The van der Waals surface area contributed by atoms with Gasteiger partial charge in [-0.15, -0.1) is 0 Å². The first kappa shape index (κ1) is 27.4. The second kappa shape index (κ2) is 10.7. The van der Waals surface area contributed by atoms with E-state index in [9.17, 15) is 23.1 Å². The monoisotopic (exact) mass is 595 g/mol. The molecular formula is C30H28F3N5O5. The van der Waals surface area contributed by atoms with Crippen LogP contribution in [0.2, 0.25) is 0 Å². The molecule has 7 rings (SSSR count). The van der Waals surface area contributed by atoms with Gasteiger partial charge in [-0.1, -0.05) is 24.3 Å². The number of furan rings is 1. The van der Waals surface area contributed by atoms with Gasteiger partial charge in [0.15, 0.2) is 11.4 Å². The smallest absolute Gasteiger partial charge is 0.451 e. The zero-order valence-corrected chi connectivity index (χ0v) is 23.0. The molecule has 0 unspecified atom stereocenters. The van der Waals surface area contributed by atoms with E-state index in [-0.39, 0.29) is 35.9 Å². The normalized spacial score (nSPS) is 21.8. The number of nitrogens with zero attached hydrogens (tertiary/aromatic N) is 5. The van der Waals surface area contributed by atoms with Crippen molar-refractivity contribution >= 4 is 44.9 Å². The van der Waals surface area contributed by atoms with Crippen LogP contribution < -0.4 is 9.64 Å². The lowest BCUT2D eigenvalue weighted by Gasteiger charge is -2.25. The van der Waals surface area contributed by atoms with Crippen LogP contribution in [0, 0.1) is 0 Å². The van der Waals surface area contributed by atoms with Gasteiger partial charge in [0.2, 0.25) is 5.82 Å². The van der Waals surface area contributed by atoms with Crippen LogP contribution in [0.4, 0.5) is 19.0 Å². The molecule has 43 heavy (non-hydrogen) atoms. The van der Waals surface area contributed by atoms with Gasteiger partial charge in [0.1, 0.15) is 23.2 Å². The highest BCUT2D eigenvalue weighted by Gasteiger charge is 2.43. The number of hydrogen-bond donors (Lipinski definition) is 1. The number of carboxylic acids is 1. The molecule has 5 heterocycles. The standard InChI is InChI=1S/C30H28F3N5O5/c31-30(32,33)28-35-24-19-8-1-4-11-23(19)43-25(24)26(36-28)37-16-18(15-22(37)27(39)40)42-29-34-20-9-2-3-10-21(20)38(29)17-7-5-6-13-41-14-12-17/h1-4,8-11,17-18,22H,5-7,12-16H2,(H,39,40)/t17-,18-,22-/m0/s1. The molecule has 2 aromatic carbocycles. The van der Waals surface area contributed by atoms with Crippen molar-refractivity contribution < 1.29 is 37.0 Å². The average molecular weight is 596 g/mol. The second-order valence-electron chi connectivity index (χ2n) is 10.9. The van der Waals surface area contributed by atoms with E-state index < -0.39 is 30.1 Å². The van der Waals surface area contributed by atoms with Crippen LogP contribution in [-0.2, 0) is 15.7 Å². The third-order valence-corrected chi connectivity index (χ3v) is 8.15. The van der Waals surface area contributed by atoms with E-state index in [4.69, 9.17) is 18.9 Å². The highest BCUT2D eigenvalue weighted by molar-refractivity contribution is 6.06. The summed E-state index contributed by atoms with van der Waals surface area (Å²) in [4.78, 5) is 26.1. The number of aromatic nitrogens is 4. The Hall–Kier alpha value is -4.39. The van der Waals surface area contributed by atoms with Gasteiger partial charge in [0, 0.05) is 31.1 Å². The quantitative estimate of drug-likeness (QED) is 0.262. The van der Waals surface area contributed by atoms with E-state index in [0.717, 1.165) is 43.3 Å². The molecule has 3 atom stereocenters. The zero-order valence-electron chi connectivity index (χ0n) is 23.0. The number of hydrogen-bond acceptors (Lipinski definition) is 8. The van der Waals surface area contributed by atoms with E-state index in [1.165, 1.54) is 4.90 Å². The van der Waals surface area contributed by atoms with E-state index in [0.29, 0.717) is 23.6 Å². The van der Waals surface area contributed by atoms with Gasteiger partial charge in [-0.25, -0.2) is 14.8 Å². The maximum atomic E-state index is 14.0. The molecule has 3 aromatic heterocycles. The second-order valence-corrected chi connectivity index (χ2v) is 10.9. The number of aliphatic carboxylic acids is 1. The Balaban J connectivity index is 1.28. The number of halogens is 3. The number of para-hydroxylation sites is 3. The molecular weight excluding hydrogens is 567 g/mol. The van der Waals surface area contributed by atoms with E-state index >= 15 is 0 Å². The first-order valence-electron chi connectivity index (χ1n) is 14.2. The summed E-state index contributed by atoms with van der Waals surface area (Å²) in [6.45, 7) is 1.28. The van der Waals surface area contributed by atoms with Crippen molar-refractivity contribution in [2.24, 2.45) is 0 Å². The van der Waals surface area contributed by atoms with E-state index in [1.807, 2.05) is 28.8 Å². The van der Waals surface area contributed by atoms with Crippen molar-refractivity contribution in [3.05, 3.63) is 54.4 Å². The minimum absolute atomic E-state index is 0.000603. The summed E-state index contributed by atoms with van der Waals surface area (Å²) in [7, 11) is 0. The van der Waals surface area contributed by atoms with Crippen LogP contribution in [0.3, 0.4) is 0 Å². The summed E-state index contributed by atoms with van der Waals surface area (Å²) in [5, 5.41) is 10.5. The summed E-state index contributed by atoms with van der Waals surface area (Å²) < 4.78 is 62.0. The Morgan fingerprint density at radius 3 is 2.65 bits per heavy atom. The van der Waals surface area contributed by atoms with Crippen LogP contribution in [0.5, 0.6) is 6.01 Å². The minimum Gasteiger partial charge on any atom is -0.480 e. The summed E-state index contributed by atoms with van der Waals surface area (Å²) in [6, 6.07) is 13.4. The van der Waals surface area contributed by atoms with Crippen LogP contribution in [-0.4, -0.2) is 62.5 Å². The SMILES string of the molecule is O=C(O)[C@@H]1C[C@H](Oc2nc3ccccc3n2[C@H]2CCCCOCC2)CN1c1nc(C(F)(F)F)nc2c1oc1ccccc12. The summed E-state index contributed by atoms with van der Waals surface area (Å²) >= 11 is 0. The number of ether oxygens (including phenoxy) is 2. The van der Waals surface area contributed by atoms with Crippen LogP contribution in [0.15, 0.2) is 52.9 Å². The maximum Gasteiger partial charge on any atom is 0.451 e. The predicted molar refractivity (Wildman–Crippen MR) is 150 cm³/mol. The average Bonchev–Trinajstić information content (AvgIpc) is 3.66. The number of alkyl halides is 3. The van der Waals surface area contributed by atoms with Crippen LogP contribution in [0.25, 0.3) is 33.1 Å².